The molecule has 5 aromatic rings. The summed E-state index contributed by atoms with van der Waals surface area (Å²) in [6, 6.07) is 34.9. The normalized spacial score (nSPS) is 11.8. The van der Waals surface area contributed by atoms with Crippen molar-refractivity contribution in [3.63, 3.8) is 0 Å². The largest absolute Gasteiger partial charge is 0.324 e. The molecule has 0 aliphatic heterocycles. The molecular weight excluding hydrogens is 642 g/mol. The van der Waals surface area contributed by atoms with Crippen LogP contribution in [0.3, 0.4) is 0 Å². The van der Waals surface area contributed by atoms with E-state index in [0.717, 1.165) is 20.5 Å². The van der Waals surface area contributed by atoms with Crippen molar-refractivity contribution in [2.24, 2.45) is 0 Å². The van der Waals surface area contributed by atoms with Crippen LogP contribution >= 0.6 is 39.0 Å². The number of thioether (sulfide) groups is 1. The molecule has 1 atom stereocenters. The second-order valence-electron chi connectivity index (χ2n) is 9.29. The van der Waals surface area contributed by atoms with Crippen LogP contribution in [0.2, 0.25) is 0 Å². The number of hydrogen-bond acceptors (Lipinski definition) is 5. The van der Waals surface area contributed by atoms with E-state index < -0.39 is 11.2 Å². The molecule has 4 aromatic carbocycles. The molecule has 1 unspecified atom stereocenters. The van der Waals surface area contributed by atoms with Crippen molar-refractivity contribution in [2.45, 2.75) is 10.1 Å². The number of amides is 3. The van der Waals surface area contributed by atoms with E-state index in [-0.39, 0.29) is 17.5 Å². The molecule has 0 bridgehead atoms. The predicted molar refractivity (Wildman–Crippen MR) is 179 cm³/mol. The van der Waals surface area contributed by atoms with Gasteiger partial charge in [-0.25, -0.2) is 0 Å². The van der Waals surface area contributed by atoms with Crippen LogP contribution in [-0.2, 0) is 9.59 Å². The van der Waals surface area contributed by atoms with Crippen LogP contribution in [-0.4, -0.2) is 17.7 Å². The summed E-state index contributed by atoms with van der Waals surface area (Å²) in [7, 11) is 0. The van der Waals surface area contributed by atoms with E-state index in [1.165, 1.54) is 23.1 Å². The van der Waals surface area contributed by atoms with E-state index in [4.69, 9.17) is 0 Å². The molecule has 3 N–H and O–H groups in total. The lowest BCUT2D eigenvalue weighted by Crippen LogP contribution is -2.30. The Kier molecular flexibility index (Phi) is 10.2. The van der Waals surface area contributed by atoms with Crippen LogP contribution in [0.4, 0.5) is 11.4 Å². The summed E-state index contributed by atoms with van der Waals surface area (Å²) in [5, 5.41) is 11.9. The van der Waals surface area contributed by atoms with Crippen molar-refractivity contribution in [3.8, 4) is 0 Å². The smallest absolute Gasteiger partial charge is 0.272 e. The first-order valence-corrected chi connectivity index (χ1v) is 15.9. The lowest BCUT2D eigenvalue weighted by molar-refractivity contribution is -0.116. The minimum absolute atomic E-state index is 0.111. The Bertz CT molecular complexity index is 1740. The van der Waals surface area contributed by atoms with Crippen molar-refractivity contribution < 1.29 is 14.4 Å². The highest BCUT2D eigenvalue weighted by molar-refractivity contribution is 9.10. The highest BCUT2D eigenvalue weighted by Gasteiger charge is 2.23. The quantitative estimate of drug-likeness (QED) is 0.103. The summed E-state index contributed by atoms with van der Waals surface area (Å²) in [6.07, 6.45) is 1.64. The van der Waals surface area contributed by atoms with Gasteiger partial charge < -0.3 is 16.0 Å². The number of benzene rings is 4. The topological polar surface area (TPSA) is 87.3 Å². The molecule has 43 heavy (non-hydrogen) atoms. The number of para-hydroxylation sites is 1. The fourth-order valence-electron chi connectivity index (χ4n) is 4.11. The number of nitrogens with one attached hydrogen (secondary N) is 3. The summed E-state index contributed by atoms with van der Waals surface area (Å²) in [6.45, 7) is 0. The van der Waals surface area contributed by atoms with E-state index in [2.05, 4.69) is 31.9 Å². The van der Waals surface area contributed by atoms with E-state index >= 15 is 0 Å². The molecule has 0 saturated heterocycles. The third kappa shape index (κ3) is 8.32. The number of thiophene rings is 1. The zero-order valence-corrected chi connectivity index (χ0v) is 25.9. The van der Waals surface area contributed by atoms with E-state index in [9.17, 15) is 14.4 Å². The first-order valence-electron chi connectivity index (χ1n) is 13.2. The molecule has 214 valence electrons. The predicted octanol–water partition coefficient (Wildman–Crippen LogP) is 8.39. The molecule has 1 heterocycles. The van der Waals surface area contributed by atoms with Gasteiger partial charge in [-0.15, -0.1) is 11.8 Å². The average Bonchev–Trinajstić information content (AvgIpc) is 3.55. The molecule has 6 nitrogen and oxygen atoms in total. The maximum absolute atomic E-state index is 13.5. The van der Waals surface area contributed by atoms with E-state index in [1.807, 2.05) is 95.7 Å². The second-order valence-corrected chi connectivity index (χ2v) is 12.1. The molecule has 0 aliphatic carbocycles. The summed E-state index contributed by atoms with van der Waals surface area (Å²) in [5.74, 6) is -1.03. The second kappa shape index (κ2) is 14.6. The maximum atomic E-state index is 13.5. The fraction of sp³-hybridized carbons (Fsp3) is 0.0294. The SMILES string of the molecule is O=C(Nc1cccc(SC(C(=O)Nc2ccccc2Br)c2ccccc2)c1)/C(=C/c1ccsc1)NC(=O)c1ccccc1. The summed E-state index contributed by atoms with van der Waals surface area (Å²) < 4.78 is 0.788. The number of carbonyl (C=O) groups excluding carboxylic acids is 3. The molecule has 0 spiro atoms. The highest BCUT2D eigenvalue weighted by atomic mass is 79.9. The maximum Gasteiger partial charge on any atom is 0.272 e. The van der Waals surface area contributed by atoms with E-state index in [0.29, 0.717) is 16.9 Å². The van der Waals surface area contributed by atoms with Crippen LogP contribution in [0.25, 0.3) is 6.08 Å². The average molecular weight is 669 g/mol. The van der Waals surface area contributed by atoms with Crippen molar-refractivity contribution in [3.05, 3.63) is 153 Å². The third-order valence-electron chi connectivity index (χ3n) is 6.20. The molecule has 0 fully saturated rings. The van der Waals surface area contributed by atoms with Gasteiger partial charge in [-0.1, -0.05) is 66.7 Å². The van der Waals surface area contributed by atoms with Crippen LogP contribution < -0.4 is 16.0 Å². The molecule has 1 aromatic heterocycles. The number of carbonyl (C=O) groups is 3. The van der Waals surface area contributed by atoms with Gasteiger partial charge in [0.1, 0.15) is 10.9 Å². The van der Waals surface area contributed by atoms with Crippen LogP contribution in [0.1, 0.15) is 26.7 Å². The monoisotopic (exact) mass is 667 g/mol. The summed E-state index contributed by atoms with van der Waals surface area (Å²) in [4.78, 5) is 40.6. The molecule has 5 rings (SSSR count). The van der Waals surface area contributed by atoms with Gasteiger partial charge in [-0.2, -0.15) is 11.3 Å². The molecule has 9 heteroatoms. The van der Waals surface area contributed by atoms with Gasteiger partial charge in [0.2, 0.25) is 5.91 Å². The van der Waals surface area contributed by atoms with Crippen LogP contribution in [0.15, 0.2) is 141 Å². The fourth-order valence-corrected chi connectivity index (χ4v) is 6.19. The minimum Gasteiger partial charge on any atom is -0.324 e. The van der Waals surface area contributed by atoms with Gasteiger partial charge in [-0.05, 0) is 92.4 Å². The van der Waals surface area contributed by atoms with Gasteiger partial charge in [0.25, 0.3) is 11.8 Å². The lowest BCUT2D eigenvalue weighted by atomic mass is 10.1. The Hall–Kier alpha value is -4.44. The standard InChI is InChI=1S/C34H26BrN3O3S2/c35-28-16-7-8-17-29(28)37-34(41)31(24-10-3-1-4-11-24)43-27-15-9-14-26(21-27)36-33(40)30(20-23-18-19-42-22-23)38-32(39)25-12-5-2-6-13-25/h1-22,31H,(H,36,40)(H,37,41)(H,38,39)/b30-20-. The van der Waals surface area contributed by atoms with Gasteiger partial charge >= 0.3 is 0 Å². The van der Waals surface area contributed by atoms with Gasteiger partial charge in [0.15, 0.2) is 0 Å². The number of rotatable bonds is 10. The van der Waals surface area contributed by atoms with Gasteiger partial charge in [0, 0.05) is 20.6 Å². The van der Waals surface area contributed by atoms with E-state index in [1.54, 1.807) is 36.4 Å². The van der Waals surface area contributed by atoms with Crippen molar-refractivity contribution >= 4 is 74.2 Å². The summed E-state index contributed by atoms with van der Waals surface area (Å²) in [5.41, 5.74) is 3.40. The Morgan fingerprint density at radius 2 is 1.51 bits per heavy atom. The van der Waals surface area contributed by atoms with Crippen LogP contribution in [0, 0.1) is 0 Å². The first kappa shape index (κ1) is 30.0. The van der Waals surface area contributed by atoms with Gasteiger partial charge in [-0.3, -0.25) is 14.4 Å². The Labute approximate surface area is 266 Å². The zero-order chi connectivity index (χ0) is 30.0. The Morgan fingerprint density at radius 3 is 2.23 bits per heavy atom. The molecular formula is C34H26BrN3O3S2. The first-order chi connectivity index (χ1) is 21.0. The zero-order valence-electron chi connectivity index (χ0n) is 22.7. The minimum atomic E-state index is -0.557. The van der Waals surface area contributed by atoms with Crippen molar-refractivity contribution in [2.75, 3.05) is 10.6 Å². The molecule has 0 aliphatic rings. The van der Waals surface area contributed by atoms with Crippen molar-refractivity contribution in [1.29, 1.82) is 0 Å². The Balaban J connectivity index is 1.36. The number of anilines is 2. The molecule has 3 amide bonds. The molecule has 0 saturated carbocycles. The third-order valence-corrected chi connectivity index (χ3v) is 8.84. The van der Waals surface area contributed by atoms with Crippen molar-refractivity contribution in [1.82, 2.24) is 5.32 Å². The summed E-state index contributed by atoms with van der Waals surface area (Å²) >= 11 is 6.36. The lowest BCUT2D eigenvalue weighted by Gasteiger charge is -2.18. The van der Waals surface area contributed by atoms with Crippen LogP contribution in [0.5, 0.6) is 0 Å². The number of hydrogen-bond donors (Lipinski definition) is 3. The molecule has 0 radical (unpaired) electrons. The van der Waals surface area contributed by atoms with Gasteiger partial charge in [0.05, 0.1) is 5.69 Å². The highest BCUT2D eigenvalue weighted by Crippen LogP contribution is 2.37. The number of halogens is 1. The Morgan fingerprint density at radius 1 is 0.791 bits per heavy atom.